The van der Waals surface area contributed by atoms with E-state index in [-0.39, 0.29) is 34.1 Å². The van der Waals surface area contributed by atoms with Crippen LogP contribution in [0.2, 0.25) is 0 Å². The molecule has 34 heavy (non-hydrogen) atoms. The molecule has 3 rings (SSSR count). The summed E-state index contributed by atoms with van der Waals surface area (Å²) in [5.74, 6) is -0.440. The Bertz CT molecular complexity index is 866. The summed E-state index contributed by atoms with van der Waals surface area (Å²) >= 11 is 0. The standard InChI is InChI=1S/C24H28O10/c1-27-17-11-7-12-18(28-2)21(17)23(25)33-31-15-9-5-6-10-16(15)32-34-24(26)22-19(29-3)13-8-14-20(22)30-4/h7-8,11-16H,5-6,9-10H2,1-4H3. The molecule has 0 bridgehead atoms. The fraction of sp³-hybridized carbons (Fsp3) is 0.417. The summed E-state index contributed by atoms with van der Waals surface area (Å²) in [6.45, 7) is 0. The van der Waals surface area contributed by atoms with Crippen LogP contribution in [0.5, 0.6) is 23.0 Å². The SMILES string of the molecule is COc1cccc(OC)c1C(=O)OOC1CCCCC1OOC(=O)c1c(OC)cccc1OC. The van der Waals surface area contributed by atoms with Crippen LogP contribution in [0.15, 0.2) is 36.4 Å². The molecule has 1 aliphatic rings. The molecule has 10 heteroatoms. The molecular weight excluding hydrogens is 448 g/mol. The van der Waals surface area contributed by atoms with Gasteiger partial charge in [-0.2, -0.15) is 9.78 Å². The molecule has 0 saturated heterocycles. The minimum absolute atomic E-state index is 0.0930. The van der Waals surface area contributed by atoms with E-state index in [1.165, 1.54) is 28.4 Å². The maximum Gasteiger partial charge on any atom is 0.380 e. The minimum Gasteiger partial charge on any atom is -0.496 e. The zero-order valence-corrected chi connectivity index (χ0v) is 19.5. The predicted molar refractivity (Wildman–Crippen MR) is 118 cm³/mol. The van der Waals surface area contributed by atoms with Gasteiger partial charge in [0.25, 0.3) is 0 Å². The molecule has 2 aromatic carbocycles. The van der Waals surface area contributed by atoms with Gasteiger partial charge in [0.2, 0.25) is 0 Å². The summed E-state index contributed by atoms with van der Waals surface area (Å²) in [5, 5.41) is 0. The van der Waals surface area contributed by atoms with Gasteiger partial charge in [-0.1, -0.05) is 25.0 Å². The smallest absolute Gasteiger partial charge is 0.380 e. The van der Waals surface area contributed by atoms with Gasteiger partial charge in [0.15, 0.2) is 0 Å². The first-order chi connectivity index (χ1) is 16.5. The molecule has 0 heterocycles. The number of carbonyl (C=O) groups excluding carboxylic acids is 2. The van der Waals surface area contributed by atoms with E-state index < -0.39 is 24.1 Å². The molecule has 1 saturated carbocycles. The van der Waals surface area contributed by atoms with Gasteiger partial charge in [-0.25, -0.2) is 9.59 Å². The molecule has 0 aliphatic heterocycles. The predicted octanol–water partition coefficient (Wildman–Crippen LogP) is 3.91. The van der Waals surface area contributed by atoms with Crippen LogP contribution in [0.1, 0.15) is 46.4 Å². The van der Waals surface area contributed by atoms with Crippen molar-refractivity contribution in [3.63, 3.8) is 0 Å². The molecule has 0 amide bonds. The highest BCUT2D eigenvalue weighted by Crippen LogP contribution is 2.32. The first-order valence-electron chi connectivity index (χ1n) is 10.7. The maximum atomic E-state index is 12.7. The Kier molecular flexibility index (Phi) is 8.94. The van der Waals surface area contributed by atoms with Gasteiger partial charge in [0.1, 0.15) is 46.3 Å². The zero-order valence-electron chi connectivity index (χ0n) is 19.5. The number of benzene rings is 2. The molecule has 1 fully saturated rings. The van der Waals surface area contributed by atoms with E-state index in [0.717, 1.165) is 12.8 Å². The lowest BCUT2D eigenvalue weighted by Gasteiger charge is -2.28. The van der Waals surface area contributed by atoms with Gasteiger partial charge in [-0.3, -0.25) is 9.78 Å². The van der Waals surface area contributed by atoms with Crippen molar-refractivity contribution in [2.24, 2.45) is 0 Å². The Hall–Kier alpha value is -3.50. The summed E-state index contributed by atoms with van der Waals surface area (Å²) < 4.78 is 20.9. The van der Waals surface area contributed by atoms with Crippen LogP contribution in [0.25, 0.3) is 0 Å². The first-order valence-corrected chi connectivity index (χ1v) is 10.7. The van der Waals surface area contributed by atoms with Gasteiger partial charge in [-0.05, 0) is 37.1 Å². The van der Waals surface area contributed by atoms with Crippen molar-refractivity contribution in [1.29, 1.82) is 0 Å². The van der Waals surface area contributed by atoms with Crippen LogP contribution in [0.3, 0.4) is 0 Å². The van der Waals surface area contributed by atoms with Crippen LogP contribution < -0.4 is 18.9 Å². The van der Waals surface area contributed by atoms with E-state index in [2.05, 4.69) is 0 Å². The average molecular weight is 476 g/mol. The third kappa shape index (κ3) is 5.70. The van der Waals surface area contributed by atoms with Crippen LogP contribution in [-0.4, -0.2) is 52.6 Å². The number of ether oxygens (including phenoxy) is 4. The molecule has 2 atom stereocenters. The molecule has 1 aliphatic carbocycles. The highest BCUT2D eigenvalue weighted by Gasteiger charge is 2.33. The van der Waals surface area contributed by atoms with E-state index in [0.29, 0.717) is 12.8 Å². The summed E-state index contributed by atoms with van der Waals surface area (Å²) in [5.41, 5.74) is 0.186. The van der Waals surface area contributed by atoms with E-state index in [4.69, 9.17) is 38.5 Å². The summed E-state index contributed by atoms with van der Waals surface area (Å²) in [6, 6.07) is 9.81. The number of rotatable bonds is 10. The van der Waals surface area contributed by atoms with Crippen molar-refractivity contribution in [2.45, 2.75) is 37.9 Å². The van der Waals surface area contributed by atoms with Gasteiger partial charge in [0.05, 0.1) is 28.4 Å². The molecule has 184 valence electrons. The number of hydrogen-bond donors (Lipinski definition) is 0. The van der Waals surface area contributed by atoms with E-state index in [1.807, 2.05) is 0 Å². The topological polar surface area (TPSA) is 108 Å². The third-order valence-electron chi connectivity index (χ3n) is 5.40. The Balaban J connectivity index is 1.65. The summed E-state index contributed by atoms with van der Waals surface area (Å²) in [4.78, 5) is 46.4. The molecular formula is C24H28O10. The van der Waals surface area contributed by atoms with Crippen LogP contribution >= 0.6 is 0 Å². The Morgan fingerprint density at radius 3 is 1.24 bits per heavy atom. The molecule has 10 nitrogen and oxygen atoms in total. The lowest BCUT2D eigenvalue weighted by atomic mass is 9.95. The summed E-state index contributed by atoms with van der Waals surface area (Å²) in [6.07, 6.45) is 1.44. The Morgan fingerprint density at radius 2 is 0.941 bits per heavy atom. The normalized spacial score (nSPS) is 17.4. The van der Waals surface area contributed by atoms with Crippen molar-refractivity contribution < 1.29 is 48.1 Å². The molecule has 0 N–H and O–H groups in total. The number of carbonyl (C=O) groups is 2. The van der Waals surface area contributed by atoms with Crippen LogP contribution in [-0.2, 0) is 19.6 Å². The second-order valence-corrected chi connectivity index (χ2v) is 7.37. The Morgan fingerprint density at radius 1 is 0.618 bits per heavy atom. The fourth-order valence-corrected chi connectivity index (χ4v) is 3.68. The molecule has 2 aromatic rings. The highest BCUT2D eigenvalue weighted by atomic mass is 17.2. The largest absolute Gasteiger partial charge is 0.496 e. The van der Waals surface area contributed by atoms with E-state index in [1.54, 1.807) is 36.4 Å². The summed E-state index contributed by atoms with van der Waals surface area (Å²) in [7, 11) is 5.73. The lowest BCUT2D eigenvalue weighted by molar-refractivity contribution is -0.352. The maximum absolute atomic E-state index is 12.7. The van der Waals surface area contributed by atoms with Crippen LogP contribution in [0, 0.1) is 0 Å². The van der Waals surface area contributed by atoms with Crippen molar-refractivity contribution in [3.8, 4) is 23.0 Å². The van der Waals surface area contributed by atoms with Gasteiger partial charge in [-0.15, -0.1) is 0 Å². The van der Waals surface area contributed by atoms with Crippen molar-refractivity contribution in [1.82, 2.24) is 0 Å². The lowest BCUT2D eigenvalue weighted by Crippen LogP contribution is -2.36. The van der Waals surface area contributed by atoms with E-state index in [9.17, 15) is 9.59 Å². The molecule has 0 radical (unpaired) electrons. The highest BCUT2D eigenvalue weighted by molar-refractivity contribution is 5.96. The quantitative estimate of drug-likeness (QED) is 0.370. The van der Waals surface area contributed by atoms with Crippen molar-refractivity contribution >= 4 is 11.9 Å². The first kappa shape index (κ1) is 25.1. The monoisotopic (exact) mass is 476 g/mol. The minimum atomic E-state index is -0.783. The molecule has 2 unspecified atom stereocenters. The number of hydrogen-bond acceptors (Lipinski definition) is 10. The fourth-order valence-electron chi connectivity index (χ4n) is 3.68. The average Bonchev–Trinajstić information content (AvgIpc) is 2.89. The van der Waals surface area contributed by atoms with Gasteiger partial charge < -0.3 is 18.9 Å². The van der Waals surface area contributed by atoms with Gasteiger partial charge in [0, 0.05) is 0 Å². The third-order valence-corrected chi connectivity index (χ3v) is 5.40. The molecule has 0 spiro atoms. The zero-order chi connectivity index (χ0) is 24.5. The second kappa shape index (κ2) is 12.1. The second-order valence-electron chi connectivity index (χ2n) is 7.37. The molecule has 0 aromatic heterocycles. The Labute approximate surface area is 197 Å². The van der Waals surface area contributed by atoms with Crippen molar-refractivity contribution in [3.05, 3.63) is 47.5 Å². The van der Waals surface area contributed by atoms with E-state index >= 15 is 0 Å². The number of methoxy groups -OCH3 is 4. The van der Waals surface area contributed by atoms with Crippen molar-refractivity contribution in [2.75, 3.05) is 28.4 Å². The van der Waals surface area contributed by atoms with Crippen LogP contribution in [0.4, 0.5) is 0 Å². The van der Waals surface area contributed by atoms with Gasteiger partial charge >= 0.3 is 11.9 Å².